The number of hydrogen-bond acceptors (Lipinski definition) is 1. The number of halogens is 1. The highest BCUT2D eigenvalue weighted by molar-refractivity contribution is 7.71. The Kier molecular flexibility index (Phi) is 1.29. The van der Waals surface area contributed by atoms with Gasteiger partial charge in [0.2, 0.25) is 0 Å². The number of hydrogen-bond donors (Lipinski definition) is 1. The van der Waals surface area contributed by atoms with Gasteiger partial charge in [0, 0.05) is 12.4 Å². The van der Waals surface area contributed by atoms with Crippen LogP contribution < -0.4 is 0 Å². The van der Waals surface area contributed by atoms with Crippen molar-refractivity contribution < 1.29 is 4.39 Å². The van der Waals surface area contributed by atoms with E-state index in [2.05, 4.69) is 4.98 Å². The second kappa shape index (κ2) is 2.17. The molecular formula is C7H5FN2S. The minimum Gasteiger partial charge on any atom is -0.336 e. The Hall–Kier alpha value is -1.16. The highest BCUT2D eigenvalue weighted by Crippen LogP contribution is 2.04. The highest BCUT2D eigenvalue weighted by atomic mass is 32.1. The van der Waals surface area contributed by atoms with Crippen molar-refractivity contribution in [3.05, 3.63) is 35.1 Å². The summed E-state index contributed by atoms with van der Waals surface area (Å²) in [5.41, 5.74) is 0.872. The average Bonchev–Trinajstić information content (AvgIpc) is 2.33. The molecule has 2 aromatic rings. The summed E-state index contributed by atoms with van der Waals surface area (Å²) in [6.07, 6.45) is 3.09. The Balaban J connectivity index is 2.99. The standard InChI is InChI=1S/C7H5FN2S/c8-5-1-2-6-3-9-7(11)10(6)4-5/h1-4H,(H,9,11). The fourth-order valence-corrected chi connectivity index (χ4v) is 1.20. The van der Waals surface area contributed by atoms with Crippen LogP contribution >= 0.6 is 12.2 Å². The maximum atomic E-state index is 12.6. The van der Waals surface area contributed by atoms with Gasteiger partial charge in [-0.3, -0.25) is 4.40 Å². The van der Waals surface area contributed by atoms with Gasteiger partial charge in [0.15, 0.2) is 4.77 Å². The normalized spacial score (nSPS) is 10.6. The molecule has 2 nitrogen and oxygen atoms in total. The van der Waals surface area contributed by atoms with Crippen LogP contribution in [-0.4, -0.2) is 9.38 Å². The molecule has 1 N–H and O–H groups in total. The molecule has 2 rings (SSSR count). The van der Waals surface area contributed by atoms with Gasteiger partial charge in [0.05, 0.1) is 5.52 Å². The van der Waals surface area contributed by atoms with Crippen molar-refractivity contribution in [2.75, 3.05) is 0 Å². The predicted octanol–water partition coefficient (Wildman–Crippen LogP) is 2.14. The molecular weight excluding hydrogens is 163 g/mol. The zero-order valence-electron chi connectivity index (χ0n) is 5.54. The van der Waals surface area contributed by atoms with Crippen molar-refractivity contribution in [1.82, 2.24) is 9.38 Å². The lowest BCUT2D eigenvalue weighted by Crippen LogP contribution is -1.84. The zero-order valence-corrected chi connectivity index (χ0v) is 6.36. The van der Waals surface area contributed by atoms with Crippen LogP contribution in [0.4, 0.5) is 4.39 Å². The highest BCUT2D eigenvalue weighted by Gasteiger charge is 1.94. The number of rotatable bonds is 0. The summed E-state index contributed by atoms with van der Waals surface area (Å²) in [7, 11) is 0. The van der Waals surface area contributed by atoms with E-state index >= 15 is 0 Å². The van der Waals surface area contributed by atoms with Crippen LogP contribution in [-0.2, 0) is 0 Å². The summed E-state index contributed by atoms with van der Waals surface area (Å²) in [5.74, 6) is -0.284. The Bertz CT molecular complexity index is 443. The first kappa shape index (κ1) is 6.54. The van der Waals surface area contributed by atoms with E-state index in [1.807, 2.05) is 0 Å². The number of aromatic amines is 1. The summed E-state index contributed by atoms with van der Waals surface area (Å²) in [4.78, 5) is 2.81. The lowest BCUT2D eigenvalue weighted by Gasteiger charge is -1.91. The first-order valence-corrected chi connectivity index (χ1v) is 3.53. The van der Waals surface area contributed by atoms with E-state index in [1.165, 1.54) is 12.3 Å². The molecule has 0 saturated carbocycles. The number of nitrogens with one attached hydrogen (secondary N) is 1. The molecule has 0 unspecified atom stereocenters. The van der Waals surface area contributed by atoms with Crippen molar-refractivity contribution in [3.63, 3.8) is 0 Å². The topological polar surface area (TPSA) is 20.2 Å². The molecule has 0 aromatic carbocycles. The quantitative estimate of drug-likeness (QED) is 0.597. The van der Waals surface area contributed by atoms with Gasteiger partial charge in [-0.1, -0.05) is 0 Å². The Morgan fingerprint density at radius 2 is 2.27 bits per heavy atom. The molecule has 0 saturated heterocycles. The summed E-state index contributed by atoms with van der Waals surface area (Å²) >= 11 is 4.89. The van der Waals surface area contributed by atoms with Gasteiger partial charge in [-0.05, 0) is 24.4 Å². The summed E-state index contributed by atoms with van der Waals surface area (Å²) in [5, 5.41) is 0. The Morgan fingerprint density at radius 3 is 3.09 bits per heavy atom. The number of fused-ring (bicyclic) bond motifs is 1. The van der Waals surface area contributed by atoms with Crippen LogP contribution in [0.1, 0.15) is 0 Å². The van der Waals surface area contributed by atoms with E-state index in [0.717, 1.165) is 5.52 Å². The molecule has 56 valence electrons. The van der Waals surface area contributed by atoms with Gasteiger partial charge in [0.1, 0.15) is 5.82 Å². The van der Waals surface area contributed by atoms with E-state index in [1.54, 1.807) is 16.7 Å². The van der Waals surface area contributed by atoms with Crippen molar-refractivity contribution >= 4 is 17.7 Å². The molecule has 0 radical (unpaired) electrons. The predicted molar refractivity (Wildman–Crippen MR) is 42.5 cm³/mol. The Labute approximate surface area is 67.3 Å². The maximum absolute atomic E-state index is 12.6. The monoisotopic (exact) mass is 168 g/mol. The molecule has 0 amide bonds. The first-order chi connectivity index (χ1) is 5.27. The second-order valence-corrected chi connectivity index (χ2v) is 2.62. The molecule has 0 aliphatic rings. The van der Waals surface area contributed by atoms with Gasteiger partial charge in [-0.15, -0.1) is 0 Å². The third-order valence-corrected chi connectivity index (χ3v) is 1.82. The minimum absolute atomic E-state index is 0.284. The van der Waals surface area contributed by atoms with Crippen molar-refractivity contribution in [2.24, 2.45) is 0 Å². The van der Waals surface area contributed by atoms with Gasteiger partial charge >= 0.3 is 0 Å². The van der Waals surface area contributed by atoms with Crippen LogP contribution in [0.2, 0.25) is 0 Å². The fourth-order valence-electron chi connectivity index (χ4n) is 0.985. The molecule has 0 aliphatic heterocycles. The molecule has 4 heteroatoms. The van der Waals surface area contributed by atoms with Gasteiger partial charge in [-0.2, -0.15) is 0 Å². The van der Waals surface area contributed by atoms with E-state index in [0.29, 0.717) is 4.77 Å². The number of pyridine rings is 1. The molecule has 0 atom stereocenters. The van der Waals surface area contributed by atoms with Gasteiger partial charge in [-0.25, -0.2) is 4.39 Å². The SMILES string of the molecule is Fc1ccc2c[nH]c(=S)n2c1. The van der Waals surface area contributed by atoms with Crippen LogP contribution in [0.25, 0.3) is 5.52 Å². The number of imidazole rings is 1. The fraction of sp³-hybridized carbons (Fsp3) is 0. The van der Waals surface area contributed by atoms with Crippen molar-refractivity contribution in [2.45, 2.75) is 0 Å². The average molecular weight is 168 g/mol. The van der Waals surface area contributed by atoms with E-state index < -0.39 is 0 Å². The van der Waals surface area contributed by atoms with E-state index in [-0.39, 0.29) is 5.82 Å². The van der Waals surface area contributed by atoms with E-state index in [4.69, 9.17) is 12.2 Å². The van der Waals surface area contributed by atoms with Crippen molar-refractivity contribution in [3.8, 4) is 0 Å². The number of nitrogens with zero attached hydrogens (tertiary/aromatic N) is 1. The molecule has 11 heavy (non-hydrogen) atoms. The first-order valence-electron chi connectivity index (χ1n) is 3.13. The van der Waals surface area contributed by atoms with Crippen LogP contribution in [0.5, 0.6) is 0 Å². The summed E-state index contributed by atoms with van der Waals surface area (Å²) in [6.45, 7) is 0. The largest absolute Gasteiger partial charge is 0.336 e. The third-order valence-electron chi connectivity index (χ3n) is 1.51. The molecule has 0 bridgehead atoms. The van der Waals surface area contributed by atoms with Crippen molar-refractivity contribution in [1.29, 1.82) is 0 Å². The third kappa shape index (κ3) is 0.952. The summed E-state index contributed by atoms with van der Waals surface area (Å²) in [6, 6.07) is 3.07. The molecule has 0 spiro atoms. The number of aromatic nitrogens is 2. The van der Waals surface area contributed by atoms with E-state index in [9.17, 15) is 4.39 Å². The van der Waals surface area contributed by atoms with Crippen LogP contribution in [0, 0.1) is 10.6 Å². The smallest absolute Gasteiger partial charge is 0.181 e. The second-order valence-electron chi connectivity index (χ2n) is 2.24. The minimum atomic E-state index is -0.284. The maximum Gasteiger partial charge on any atom is 0.181 e. The van der Waals surface area contributed by atoms with Gasteiger partial charge < -0.3 is 4.98 Å². The van der Waals surface area contributed by atoms with Crippen LogP contribution in [0.15, 0.2) is 24.5 Å². The molecule has 2 heterocycles. The number of H-pyrrole nitrogens is 1. The molecule has 2 aromatic heterocycles. The zero-order chi connectivity index (χ0) is 7.84. The lowest BCUT2D eigenvalue weighted by molar-refractivity contribution is 0.619. The van der Waals surface area contributed by atoms with Gasteiger partial charge in [0.25, 0.3) is 0 Å². The molecule has 0 fully saturated rings. The lowest BCUT2D eigenvalue weighted by atomic mass is 10.4. The van der Waals surface area contributed by atoms with Crippen LogP contribution in [0.3, 0.4) is 0 Å². The summed E-state index contributed by atoms with van der Waals surface area (Å²) < 4.78 is 14.7. The molecule has 0 aliphatic carbocycles. The Morgan fingerprint density at radius 1 is 1.45 bits per heavy atom.